The molecule has 3 nitrogen and oxygen atoms in total. The number of carbonyl (C=O) groups is 1. The largest absolute Gasteiger partial charge is 0.393 e. The smallest absolute Gasteiger partial charge is 0.140 e. The summed E-state index contributed by atoms with van der Waals surface area (Å²) in [5.74, 6) is 0.416. The summed E-state index contributed by atoms with van der Waals surface area (Å²) in [7, 11) is 0. The molecule has 1 saturated carbocycles. The Bertz CT molecular complexity index is 227. The second kappa shape index (κ2) is 5.08. The molecule has 0 aromatic carbocycles. The molecule has 0 amide bonds. The highest BCUT2D eigenvalue weighted by molar-refractivity contribution is 5.82. The van der Waals surface area contributed by atoms with Crippen molar-refractivity contribution in [3.8, 4) is 0 Å². The van der Waals surface area contributed by atoms with Crippen LogP contribution in [0.3, 0.4) is 0 Å². The van der Waals surface area contributed by atoms with Gasteiger partial charge in [-0.2, -0.15) is 0 Å². The lowest BCUT2D eigenvalue weighted by molar-refractivity contribution is -0.136. The van der Waals surface area contributed by atoms with Crippen molar-refractivity contribution in [3.63, 3.8) is 0 Å². The van der Waals surface area contributed by atoms with Gasteiger partial charge in [-0.1, -0.05) is 19.3 Å². The molecule has 1 saturated heterocycles. The molecule has 3 atom stereocenters. The predicted molar refractivity (Wildman–Crippen MR) is 56.5 cm³/mol. The van der Waals surface area contributed by atoms with Crippen molar-refractivity contribution in [2.45, 2.75) is 44.6 Å². The van der Waals surface area contributed by atoms with Gasteiger partial charge in [0.05, 0.1) is 19.3 Å². The average molecular weight is 212 g/mol. The van der Waals surface area contributed by atoms with E-state index in [9.17, 15) is 9.90 Å². The lowest BCUT2D eigenvalue weighted by Gasteiger charge is -2.31. The number of aliphatic hydroxyl groups is 1. The Labute approximate surface area is 90.8 Å². The van der Waals surface area contributed by atoms with Crippen LogP contribution in [-0.4, -0.2) is 30.2 Å². The van der Waals surface area contributed by atoms with Crippen LogP contribution in [0.15, 0.2) is 0 Å². The highest BCUT2D eigenvalue weighted by Gasteiger charge is 2.35. The van der Waals surface area contributed by atoms with Crippen LogP contribution in [0.5, 0.6) is 0 Å². The molecule has 1 heterocycles. The fraction of sp³-hybridized carbons (Fsp3) is 0.917. The van der Waals surface area contributed by atoms with Gasteiger partial charge in [0, 0.05) is 12.3 Å². The molecule has 0 aromatic heterocycles. The van der Waals surface area contributed by atoms with Crippen molar-refractivity contribution in [3.05, 3.63) is 0 Å². The number of ketones is 1. The number of hydrogen-bond donors (Lipinski definition) is 1. The summed E-state index contributed by atoms with van der Waals surface area (Å²) in [6.45, 7) is 1.10. The Morgan fingerprint density at radius 2 is 2.00 bits per heavy atom. The minimum Gasteiger partial charge on any atom is -0.393 e. The van der Waals surface area contributed by atoms with Crippen molar-refractivity contribution in [1.29, 1.82) is 0 Å². The quantitative estimate of drug-likeness (QED) is 0.670. The van der Waals surface area contributed by atoms with Crippen molar-refractivity contribution in [2.24, 2.45) is 11.8 Å². The van der Waals surface area contributed by atoms with E-state index >= 15 is 0 Å². The summed E-state index contributed by atoms with van der Waals surface area (Å²) in [6, 6.07) is 0. The SMILES string of the molecule is O=C1CCOCC1C1CCCCCC1O. The van der Waals surface area contributed by atoms with E-state index in [0.717, 1.165) is 25.7 Å². The van der Waals surface area contributed by atoms with Crippen LogP contribution < -0.4 is 0 Å². The van der Waals surface area contributed by atoms with Crippen LogP contribution in [0, 0.1) is 11.8 Å². The van der Waals surface area contributed by atoms with Crippen LogP contribution in [0.4, 0.5) is 0 Å². The Kier molecular flexibility index (Phi) is 3.76. The molecule has 3 heteroatoms. The summed E-state index contributed by atoms with van der Waals surface area (Å²) in [5, 5.41) is 10.0. The van der Waals surface area contributed by atoms with Crippen LogP contribution in [0.2, 0.25) is 0 Å². The molecule has 0 aromatic rings. The molecule has 0 spiro atoms. The van der Waals surface area contributed by atoms with Crippen molar-refractivity contribution in [1.82, 2.24) is 0 Å². The van der Waals surface area contributed by atoms with Crippen LogP contribution in [0.1, 0.15) is 38.5 Å². The fourth-order valence-corrected chi connectivity index (χ4v) is 2.81. The van der Waals surface area contributed by atoms with Crippen molar-refractivity contribution < 1.29 is 14.6 Å². The molecule has 2 rings (SSSR count). The van der Waals surface area contributed by atoms with E-state index in [1.165, 1.54) is 6.42 Å². The summed E-state index contributed by atoms with van der Waals surface area (Å²) in [6.07, 6.45) is 5.52. The second-order valence-corrected chi connectivity index (χ2v) is 4.77. The minimum atomic E-state index is -0.289. The van der Waals surface area contributed by atoms with Gasteiger partial charge in [-0.05, 0) is 18.8 Å². The zero-order valence-corrected chi connectivity index (χ0v) is 9.15. The lowest BCUT2D eigenvalue weighted by atomic mass is 9.80. The van der Waals surface area contributed by atoms with E-state index < -0.39 is 0 Å². The van der Waals surface area contributed by atoms with Gasteiger partial charge in [-0.15, -0.1) is 0 Å². The van der Waals surface area contributed by atoms with E-state index in [4.69, 9.17) is 4.74 Å². The number of aliphatic hydroxyl groups excluding tert-OH is 1. The summed E-state index contributed by atoms with van der Waals surface area (Å²) >= 11 is 0. The first kappa shape index (κ1) is 11.1. The van der Waals surface area contributed by atoms with Crippen LogP contribution in [-0.2, 0) is 9.53 Å². The van der Waals surface area contributed by atoms with E-state index in [-0.39, 0.29) is 17.9 Å². The monoisotopic (exact) mass is 212 g/mol. The number of carbonyl (C=O) groups excluding carboxylic acids is 1. The normalized spacial score (nSPS) is 38.7. The molecule has 1 aliphatic heterocycles. The number of ether oxygens (including phenoxy) is 1. The molecule has 2 fully saturated rings. The van der Waals surface area contributed by atoms with Gasteiger partial charge >= 0.3 is 0 Å². The Balaban J connectivity index is 2.02. The molecule has 0 bridgehead atoms. The lowest BCUT2D eigenvalue weighted by Crippen LogP contribution is -2.38. The van der Waals surface area contributed by atoms with E-state index in [2.05, 4.69) is 0 Å². The molecule has 3 unspecified atom stereocenters. The van der Waals surface area contributed by atoms with E-state index in [1.807, 2.05) is 0 Å². The van der Waals surface area contributed by atoms with Gasteiger partial charge in [0.2, 0.25) is 0 Å². The summed E-state index contributed by atoms with van der Waals surface area (Å²) < 4.78 is 5.36. The highest BCUT2D eigenvalue weighted by Crippen LogP contribution is 2.32. The zero-order valence-electron chi connectivity index (χ0n) is 9.15. The third kappa shape index (κ3) is 2.58. The maximum atomic E-state index is 11.8. The molecule has 2 aliphatic rings. The zero-order chi connectivity index (χ0) is 10.7. The second-order valence-electron chi connectivity index (χ2n) is 4.77. The summed E-state index contributed by atoms with van der Waals surface area (Å²) in [5.41, 5.74) is 0. The van der Waals surface area contributed by atoms with Crippen LogP contribution >= 0.6 is 0 Å². The highest BCUT2D eigenvalue weighted by atomic mass is 16.5. The van der Waals surface area contributed by atoms with Gasteiger partial charge in [0.15, 0.2) is 0 Å². The molecule has 15 heavy (non-hydrogen) atoms. The first-order valence-electron chi connectivity index (χ1n) is 6.07. The topological polar surface area (TPSA) is 46.5 Å². The van der Waals surface area contributed by atoms with Crippen LogP contribution in [0.25, 0.3) is 0 Å². The fourth-order valence-electron chi connectivity index (χ4n) is 2.81. The Hall–Kier alpha value is -0.410. The van der Waals surface area contributed by atoms with Gasteiger partial charge in [-0.25, -0.2) is 0 Å². The van der Waals surface area contributed by atoms with Crippen molar-refractivity contribution >= 4 is 5.78 Å². The molecular weight excluding hydrogens is 192 g/mol. The Morgan fingerprint density at radius 1 is 1.20 bits per heavy atom. The minimum absolute atomic E-state index is 0.0353. The molecular formula is C12H20O3. The standard InChI is InChI=1S/C12H20O3/c13-11-5-3-1-2-4-9(11)10-8-15-7-6-12(10)14/h9-11,13H,1-8H2. The number of rotatable bonds is 1. The van der Waals surface area contributed by atoms with Crippen molar-refractivity contribution in [2.75, 3.05) is 13.2 Å². The number of Topliss-reactive ketones (excluding diaryl/α,β-unsaturated/α-hetero) is 1. The molecule has 1 N–H and O–H groups in total. The molecule has 1 aliphatic carbocycles. The van der Waals surface area contributed by atoms with Gasteiger partial charge in [-0.3, -0.25) is 4.79 Å². The summed E-state index contributed by atoms with van der Waals surface area (Å²) in [4.78, 5) is 11.8. The Morgan fingerprint density at radius 3 is 2.80 bits per heavy atom. The molecule has 0 radical (unpaired) electrons. The van der Waals surface area contributed by atoms with Gasteiger partial charge in [0.25, 0.3) is 0 Å². The number of hydrogen-bond acceptors (Lipinski definition) is 3. The maximum absolute atomic E-state index is 11.8. The molecule has 86 valence electrons. The first-order valence-corrected chi connectivity index (χ1v) is 6.07. The van der Waals surface area contributed by atoms with Gasteiger partial charge in [0.1, 0.15) is 5.78 Å². The first-order chi connectivity index (χ1) is 7.29. The predicted octanol–water partition coefficient (Wildman–Crippen LogP) is 1.53. The van der Waals surface area contributed by atoms with E-state index in [0.29, 0.717) is 25.4 Å². The van der Waals surface area contributed by atoms with Gasteiger partial charge < -0.3 is 9.84 Å². The third-order valence-corrected chi connectivity index (χ3v) is 3.75. The average Bonchev–Trinajstić information content (AvgIpc) is 2.44. The van der Waals surface area contributed by atoms with E-state index in [1.54, 1.807) is 0 Å². The maximum Gasteiger partial charge on any atom is 0.140 e. The third-order valence-electron chi connectivity index (χ3n) is 3.75.